The molecule has 0 saturated carbocycles. The molecular formula is C16H17Br2NO. The summed E-state index contributed by atoms with van der Waals surface area (Å²) in [5.41, 5.74) is 8.13. The number of aryl methyl sites for hydroxylation is 1. The number of ether oxygens (including phenoxy) is 1. The van der Waals surface area contributed by atoms with Crippen LogP contribution in [0.3, 0.4) is 0 Å². The van der Waals surface area contributed by atoms with Crippen LogP contribution >= 0.6 is 31.9 Å². The Morgan fingerprint density at radius 1 is 1.15 bits per heavy atom. The molecule has 1 unspecified atom stereocenters. The van der Waals surface area contributed by atoms with Gasteiger partial charge in [-0.15, -0.1) is 0 Å². The van der Waals surface area contributed by atoms with E-state index in [9.17, 15) is 0 Å². The molecule has 2 aromatic rings. The number of nitrogens with two attached hydrogens (primary N) is 1. The summed E-state index contributed by atoms with van der Waals surface area (Å²) in [5.74, 6) is 1.66. The van der Waals surface area contributed by atoms with Crippen molar-refractivity contribution in [3.8, 4) is 11.5 Å². The Bertz CT molecular complexity index is 611. The molecule has 4 heteroatoms. The van der Waals surface area contributed by atoms with Crippen LogP contribution in [0.25, 0.3) is 0 Å². The Labute approximate surface area is 136 Å². The van der Waals surface area contributed by atoms with E-state index in [2.05, 4.69) is 37.9 Å². The lowest BCUT2D eigenvalue weighted by molar-refractivity contribution is 0.478. The second-order valence-corrected chi connectivity index (χ2v) is 6.72. The van der Waals surface area contributed by atoms with E-state index >= 15 is 0 Å². The fourth-order valence-electron chi connectivity index (χ4n) is 1.91. The predicted molar refractivity (Wildman–Crippen MR) is 90.4 cm³/mol. The lowest BCUT2D eigenvalue weighted by Gasteiger charge is -2.12. The second kappa shape index (κ2) is 6.74. The van der Waals surface area contributed by atoms with Gasteiger partial charge in [0.2, 0.25) is 0 Å². The summed E-state index contributed by atoms with van der Waals surface area (Å²) in [4.78, 5) is 0. The van der Waals surface area contributed by atoms with Crippen molar-refractivity contribution in [2.24, 2.45) is 5.73 Å². The molecule has 20 heavy (non-hydrogen) atoms. The van der Waals surface area contributed by atoms with E-state index in [1.165, 1.54) is 5.56 Å². The van der Waals surface area contributed by atoms with Gasteiger partial charge in [-0.3, -0.25) is 0 Å². The van der Waals surface area contributed by atoms with Gasteiger partial charge in [0, 0.05) is 15.0 Å². The highest BCUT2D eigenvalue weighted by molar-refractivity contribution is 9.10. The highest BCUT2D eigenvalue weighted by Crippen LogP contribution is 2.31. The van der Waals surface area contributed by atoms with E-state index in [-0.39, 0.29) is 6.04 Å². The first-order chi connectivity index (χ1) is 9.45. The Kier molecular flexibility index (Phi) is 5.24. The van der Waals surface area contributed by atoms with Crippen LogP contribution in [-0.4, -0.2) is 6.04 Å². The smallest absolute Gasteiger partial charge is 0.131 e. The Morgan fingerprint density at radius 2 is 1.90 bits per heavy atom. The van der Waals surface area contributed by atoms with Gasteiger partial charge in [-0.05, 0) is 55.7 Å². The van der Waals surface area contributed by atoms with E-state index in [0.29, 0.717) is 0 Å². The van der Waals surface area contributed by atoms with E-state index in [4.69, 9.17) is 10.5 Å². The summed E-state index contributed by atoms with van der Waals surface area (Å²) in [6.45, 7) is 4.03. The monoisotopic (exact) mass is 397 g/mol. The van der Waals surface area contributed by atoms with Crippen molar-refractivity contribution in [1.29, 1.82) is 0 Å². The number of benzene rings is 2. The quantitative estimate of drug-likeness (QED) is 0.767. The third-order valence-electron chi connectivity index (χ3n) is 2.94. The topological polar surface area (TPSA) is 35.2 Å². The minimum absolute atomic E-state index is 0.144. The number of hydrogen-bond acceptors (Lipinski definition) is 2. The van der Waals surface area contributed by atoms with E-state index < -0.39 is 0 Å². The van der Waals surface area contributed by atoms with Crippen molar-refractivity contribution >= 4 is 31.9 Å². The number of halogens is 2. The van der Waals surface area contributed by atoms with Crippen LogP contribution in [0.4, 0.5) is 0 Å². The van der Waals surface area contributed by atoms with E-state index in [1.54, 1.807) is 0 Å². The summed E-state index contributed by atoms with van der Waals surface area (Å²) in [7, 11) is 0. The molecule has 0 saturated heterocycles. The van der Waals surface area contributed by atoms with E-state index in [1.807, 2.05) is 44.2 Å². The van der Waals surface area contributed by atoms with Gasteiger partial charge in [0.05, 0.1) is 0 Å². The minimum atomic E-state index is 0.144. The molecular weight excluding hydrogens is 382 g/mol. The van der Waals surface area contributed by atoms with Crippen LogP contribution in [0.2, 0.25) is 0 Å². The zero-order valence-electron chi connectivity index (χ0n) is 11.5. The van der Waals surface area contributed by atoms with Crippen LogP contribution in [0.1, 0.15) is 18.1 Å². The van der Waals surface area contributed by atoms with Gasteiger partial charge in [-0.25, -0.2) is 0 Å². The van der Waals surface area contributed by atoms with Crippen molar-refractivity contribution in [1.82, 2.24) is 0 Å². The number of hydrogen-bond donors (Lipinski definition) is 1. The van der Waals surface area contributed by atoms with Gasteiger partial charge in [0.15, 0.2) is 0 Å². The maximum atomic E-state index is 5.94. The molecule has 2 aromatic carbocycles. The lowest BCUT2D eigenvalue weighted by atomic mass is 10.1. The normalized spacial score (nSPS) is 12.2. The highest BCUT2D eigenvalue weighted by Gasteiger charge is 2.07. The molecule has 0 aliphatic heterocycles. The van der Waals surface area contributed by atoms with Crippen molar-refractivity contribution < 1.29 is 4.74 Å². The summed E-state index contributed by atoms with van der Waals surface area (Å²) in [5, 5.41) is 0. The minimum Gasteiger partial charge on any atom is -0.457 e. The molecule has 0 heterocycles. The summed E-state index contributed by atoms with van der Waals surface area (Å²) in [6.07, 6.45) is 0.844. The molecule has 0 bridgehead atoms. The first-order valence-corrected chi connectivity index (χ1v) is 8.02. The van der Waals surface area contributed by atoms with Crippen LogP contribution in [0, 0.1) is 6.92 Å². The van der Waals surface area contributed by atoms with Gasteiger partial charge in [-0.1, -0.05) is 44.0 Å². The van der Waals surface area contributed by atoms with Gasteiger partial charge < -0.3 is 10.5 Å². The third kappa shape index (κ3) is 4.08. The fraction of sp³-hybridized carbons (Fsp3) is 0.250. The van der Waals surface area contributed by atoms with Gasteiger partial charge >= 0.3 is 0 Å². The molecule has 0 amide bonds. The third-order valence-corrected chi connectivity index (χ3v) is 4.18. The number of rotatable bonds is 4. The first-order valence-electron chi connectivity index (χ1n) is 6.43. The van der Waals surface area contributed by atoms with Crippen molar-refractivity contribution in [2.75, 3.05) is 0 Å². The Balaban J connectivity index is 2.22. The molecule has 0 spiro atoms. The predicted octanol–water partition coefficient (Wildman–Crippen LogP) is 5.20. The van der Waals surface area contributed by atoms with Crippen LogP contribution < -0.4 is 10.5 Å². The highest BCUT2D eigenvalue weighted by atomic mass is 79.9. The molecule has 0 radical (unpaired) electrons. The summed E-state index contributed by atoms with van der Waals surface area (Å²) >= 11 is 7.04. The Hall–Kier alpha value is -0.840. The average Bonchev–Trinajstić information content (AvgIpc) is 2.37. The summed E-state index contributed by atoms with van der Waals surface area (Å²) < 4.78 is 7.97. The van der Waals surface area contributed by atoms with Crippen molar-refractivity contribution in [3.05, 3.63) is 56.5 Å². The van der Waals surface area contributed by atoms with Gasteiger partial charge in [0.25, 0.3) is 0 Å². The average molecular weight is 399 g/mol. The molecule has 2 N–H and O–H groups in total. The van der Waals surface area contributed by atoms with Crippen LogP contribution in [-0.2, 0) is 6.42 Å². The molecule has 0 fully saturated rings. The van der Waals surface area contributed by atoms with Crippen LogP contribution in [0.15, 0.2) is 45.3 Å². The van der Waals surface area contributed by atoms with Crippen molar-refractivity contribution in [2.45, 2.75) is 26.3 Å². The largest absolute Gasteiger partial charge is 0.457 e. The van der Waals surface area contributed by atoms with Crippen LogP contribution in [0.5, 0.6) is 11.5 Å². The van der Waals surface area contributed by atoms with Gasteiger partial charge in [-0.2, -0.15) is 0 Å². The second-order valence-electron chi connectivity index (χ2n) is 4.95. The molecule has 0 aliphatic rings. The Morgan fingerprint density at radius 3 is 2.55 bits per heavy atom. The zero-order chi connectivity index (χ0) is 14.7. The van der Waals surface area contributed by atoms with E-state index in [0.717, 1.165) is 32.4 Å². The fourth-order valence-corrected chi connectivity index (χ4v) is 2.77. The maximum Gasteiger partial charge on any atom is 0.131 e. The first kappa shape index (κ1) is 15.5. The molecule has 2 rings (SSSR count). The van der Waals surface area contributed by atoms with Gasteiger partial charge in [0.1, 0.15) is 11.5 Å². The zero-order valence-corrected chi connectivity index (χ0v) is 14.7. The molecule has 0 aliphatic carbocycles. The maximum absolute atomic E-state index is 5.94. The molecule has 2 nitrogen and oxygen atoms in total. The molecule has 1 atom stereocenters. The SMILES string of the molecule is Cc1ccc(Br)cc1Oc1ccc(CC(C)N)c(Br)c1. The molecule has 106 valence electrons. The summed E-state index contributed by atoms with van der Waals surface area (Å²) in [6, 6.07) is 12.2. The standard InChI is InChI=1S/C16H17Br2NO/c1-10-3-5-13(17)8-16(10)20-14-6-4-12(7-11(2)19)15(18)9-14/h3-6,8-9,11H,7,19H2,1-2H3. The molecule has 0 aromatic heterocycles. The lowest BCUT2D eigenvalue weighted by Crippen LogP contribution is -2.17. The van der Waals surface area contributed by atoms with Crippen molar-refractivity contribution in [3.63, 3.8) is 0 Å².